The minimum atomic E-state index is 0.993. The van der Waals surface area contributed by atoms with Crippen LogP contribution in [0, 0.1) is 5.41 Å². The van der Waals surface area contributed by atoms with Crippen LogP contribution in [-0.2, 0) is 0 Å². The van der Waals surface area contributed by atoms with Crippen molar-refractivity contribution in [3.05, 3.63) is 147 Å². The number of aromatic nitrogens is 2. The number of benzene rings is 5. The van der Waals surface area contributed by atoms with E-state index in [1.807, 2.05) is 42.9 Å². The Bertz CT molecular complexity index is 1950. The van der Waals surface area contributed by atoms with Crippen molar-refractivity contribution < 1.29 is 0 Å². The average molecular weight is 514 g/mol. The molecule has 40 heavy (non-hydrogen) atoms. The Labute approximate surface area is 233 Å². The van der Waals surface area contributed by atoms with E-state index in [0.29, 0.717) is 0 Å². The van der Waals surface area contributed by atoms with Crippen molar-refractivity contribution in [2.24, 2.45) is 0 Å². The summed E-state index contributed by atoms with van der Waals surface area (Å²) in [4.78, 5) is 8.83. The highest BCUT2D eigenvalue weighted by molar-refractivity contribution is 6.27. The normalized spacial score (nSPS) is 11.1. The van der Waals surface area contributed by atoms with Crippen LogP contribution in [0.15, 0.2) is 147 Å². The molecule has 0 fully saturated rings. The van der Waals surface area contributed by atoms with Gasteiger partial charge in [-0.15, -0.1) is 0 Å². The fraction of sp³-hybridized carbons (Fsp3) is 0. The van der Waals surface area contributed by atoms with Crippen LogP contribution >= 0.6 is 0 Å². The molecule has 0 saturated heterocycles. The third-order valence-electron chi connectivity index (χ3n) is 7.14. The molecule has 3 heteroatoms. The first-order valence-corrected chi connectivity index (χ1v) is 13.2. The number of allylic oxidation sites excluding steroid dienone is 3. The van der Waals surface area contributed by atoms with Gasteiger partial charge in [-0.25, -0.2) is 0 Å². The van der Waals surface area contributed by atoms with Crippen molar-refractivity contribution in [3.8, 4) is 33.5 Å². The van der Waals surface area contributed by atoms with Crippen molar-refractivity contribution in [1.82, 2.24) is 9.97 Å². The van der Waals surface area contributed by atoms with Gasteiger partial charge in [-0.2, -0.15) is 0 Å². The molecular weight excluding hydrogens is 486 g/mol. The highest BCUT2D eigenvalue weighted by Crippen LogP contribution is 2.42. The largest absolute Gasteiger partial charge is 0.309 e. The van der Waals surface area contributed by atoms with Crippen LogP contribution in [0.3, 0.4) is 0 Å². The highest BCUT2D eigenvalue weighted by Gasteiger charge is 2.14. The lowest BCUT2D eigenvalue weighted by molar-refractivity contribution is 1.33. The van der Waals surface area contributed by atoms with E-state index in [-0.39, 0.29) is 0 Å². The first-order valence-electron chi connectivity index (χ1n) is 13.2. The summed E-state index contributed by atoms with van der Waals surface area (Å²) in [5.41, 5.74) is 6.95. The molecule has 3 nitrogen and oxygen atoms in total. The summed E-state index contributed by atoms with van der Waals surface area (Å²) in [6.45, 7) is 3.41. The molecular formula is C37H27N3. The summed E-state index contributed by atoms with van der Waals surface area (Å²) in [6, 6.07) is 36.9. The Kier molecular flexibility index (Phi) is 6.93. The Morgan fingerprint density at radius 1 is 0.575 bits per heavy atom. The van der Waals surface area contributed by atoms with Gasteiger partial charge in [0.25, 0.3) is 0 Å². The second kappa shape index (κ2) is 11.1. The molecule has 0 spiro atoms. The number of hydrogen-bond acceptors (Lipinski definition) is 3. The van der Waals surface area contributed by atoms with Gasteiger partial charge in [-0.1, -0.05) is 104 Å². The first-order chi connectivity index (χ1) is 19.8. The SMILES string of the molecule is C=C/C=C\C=N.c1ccc(-c2ccc(-c3ccc4ccc5c(-c6cccnc6)ccc6ccc3c4c65)cc2)nc1. The zero-order valence-corrected chi connectivity index (χ0v) is 22.0. The highest BCUT2D eigenvalue weighted by atomic mass is 14.7. The van der Waals surface area contributed by atoms with Crippen molar-refractivity contribution in [3.63, 3.8) is 0 Å². The van der Waals surface area contributed by atoms with Crippen LogP contribution in [0.1, 0.15) is 0 Å². The predicted molar refractivity (Wildman–Crippen MR) is 170 cm³/mol. The molecule has 0 unspecified atom stereocenters. The van der Waals surface area contributed by atoms with Crippen molar-refractivity contribution in [2.45, 2.75) is 0 Å². The van der Waals surface area contributed by atoms with Crippen LogP contribution in [0.2, 0.25) is 0 Å². The topological polar surface area (TPSA) is 49.6 Å². The molecule has 2 heterocycles. The summed E-state index contributed by atoms with van der Waals surface area (Å²) in [5.74, 6) is 0. The third kappa shape index (κ3) is 4.65. The van der Waals surface area contributed by atoms with Gasteiger partial charge in [0, 0.05) is 35.9 Å². The number of hydrogen-bond donors (Lipinski definition) is 1. The summed E-state index contributed by atoms with van der Waals surface area (Å²) in [7, 11) is 0. The van der Waals surface area contributed by atoms with Gasteiger partial charge in [0.1, 0.15) is 0 Å². The monoisotopic (exact) mass is 513 g/mol. The maximum Gasteiger partial charge on any atom is 0.0701 e. The van der Waals surface area contributed by atoms with Gasteiger partial charge in [0.2, 0.25) is 0 Å². The summed E-state index contributed by atoms with van der Waals surface area (Å²) >= 11 is 0. The van der Waals surface area contributed by atoms with E-state index in [4.69, 9.17) is 5.41 Å². The van der Waals surface area contributed by atoms with Crippen molar-refractivity contribution >= 4 is 38.5 Å². The summed E-state index contributed by atoms with van der Waals surface area (Å²) in [6.07, 6.45) is 11.8. The van der Waals surface area contributed by atoms with E-state index in [1.165, 1.54) is 55.2 Å². The zero-order valence-electron chi connectivity index (χ0n) is 22.0. The van der Waals surface area contributed by atoms with Crippen molar-refractivity contribution in [1.29, 1.82) is 5.41 Å². The fourth-order valence-electron chi connectivity index (χ4n) is 5.31. The molecule has 0 aliphatic rings. The van der Waals surface area contributed by atoms with Crippen LogP contribution in [-0.4, -0.2) is 16.2 Å². The number of nitrogens with zero attached hydrogens (tertiary/aromatic N) is 2. The van der Waals surface area contributed by atoms with Crippen molar-refractivity contribution in [2.75, 3.05) is 0 Å². The molecule has 0 aliphatic carbocycles. The minimum Gasteiger partial charge on any atom is -0.309 e. The quantitative estimate of drug-likeness (QED) is 0.141. The van der Waals surface area contributed by atoms with E-state index < -0.39 is 0 Å². The van der Waals surface area contributed by atoms with Gasteiger partial charge in [0.05, 0.1) is 5.69 Å². The first kappa shape index (κ1) is 24.9. The molecule has 7 aromatic rings. The number of rotatable bonds is 5. The van der Waals surface area contributed by atoms with Gasteiger partial charge in [-0.3, -0.25) is 9.97 Å². The fourth-order valence-corrected chi connectivity index (χ4v) is 5.31. The molecule has 0 bridgehead atoms. The van der Waals surface area contributed by atoms with E-state index >= 15 is 0 Å². The van der Waals surface area contributed by atoms with E-state index in [2.05, 4.69) is 95.4 Å². The number of nitrogens with one attached hydrogen (secondary N) is 1. The predicted octanol–water partition coefficient (Wildman–Crippen LogP) is 9.75. The van der Waals surface area contributed by atoms with E-state index in [1.54, 1.807) is 18.2 Å². The maximum absolute atomic E-state index is 6.45. The summed E-state index contributed by atoms with van der Waals surface area (Å²) in [5, 5.41) is 14.2. The maximum atomic E-state index is 6.45. The molecule has 0 atom stereocenters. The smallest absolute Gasteiger partial charge is 0.0701 e. The van der Waals surface area contributed by atoms with E-state index in [9.17, 15) is 0 Å². The molecule has 1 N–H and O–H groups in total. The van der Waals surface area contributed by atoms with Gasteiger partial charge in [0.15, 0.2) is 0 Å². The van der Waals surface area contributed by atoms with E-state index in [0.717, 1.165) is 16.8 Å². The minimum absolute atomic E-state index is 0.993. The lowest BCUT2D eigenvalue weighted by Crippen LogP contribution is -1.90. The molecule has 7 rings (SSSR count). The molecule has 0 amide bonds. The Morgan fingerprint density at radius 3 is 1.77 bits per heavy atom. The molecule has 190 valence electrons. The van der Waals surface area contributed by atoms with Crippen LogP contribution in [0.5, 0.6) is 0 Å². The van der Waals surface area contributed by atoms with Crippen LogP contribution in [0.25, 0.3) is 65.8 Å². The van der Waals surface area contributed by atoms with Crippen LogP contribution in [0.4, 0.5) is 0 Å². The number of pyridine rings is 2. The Morgan fingerprint density at radius 2 is 1.23 bits per heavy atom. The van der Waals surface area contributed by atoms with Gasteiger partial charge >= 0.3 is 0 Å². The molecule has 5 aromatic carbocycles. The van der Waals surface area contributed by atoms with Crippen LogP contribution < -0.4 is 0 Å². The molecule has 0 saturated carbocycles. The molecule has 0 radical (unpaired) electrons. The lowest BCUT2D eigenvalue weighted by atomic mass is 9.87. The second-order valence-corrected chi connectivity index (χ2v) is 9.47. The lowest BCUT2D eigenvalue weighted by Gasteiger charge is -2.16. The van der Waals surface area contributed by atoms with Gasteiger partial charge < -0.3 is 5.41 Å². The molecule has 2 aromatic heterocycles. The average Bonchev–Trinajstić information content (AvgIpc) is 3.03. The molecule has 0 aliphatic heterocycles. The third-order valence-corrected chi connectivity index (χ3v) is 7.14. The second-order valence-electron chi connectivity index (χ2n) is 9.47. The van der Waals surface area contributed by atoms with Gasteiger partial charge in [-0.05, 0) is 73.3 Å². The Balaban J connectivity index is 0.000000438. The summed E-state index contributed by atoms with van der Waals surface area (Å²) < 4.78 is 0. The standard InChI is InChI=1S/C32H20N2.C5H7N/c1-2-19-34-30(5-1)22-8-6-21(7-9-22)26-14-10-23-13-17-29-27(25-4-3-18-33-20-25)15-11-24-12-16-28(26)31(23)32(24)29;1-2-3-4-5-6/h1-20H;2-6H,1H2/b;4-3-,6-5?. The zero-order chi connectivity index (χ0) is 27.3. The Hall–Kier alpha value is -5.41.